The molecule has 0 aliphatic carbocycles. The maximum Gasteiger partial charge on any atom is 0.416 e. The fraction of sp³-hybridized carbons (Fsp3) is 0.842. The number of rotatable bonds is 7. The molecule has 1 aliphatic rings. The third-order valence-electron chi connectivity index (χ3n) is 4.62. The number of nitrogens with zero attached hydrogens (tertiary/aromatic N) is 1. The highest BCUT2D eigenvalue weighted by Gasteiger charge is 2.50. The molecule has 0 N–H and O–H groups in total. The molecule has 0 saturated carbocycles. The highest BCUT2D eigenvalue weighted by Crippen LogP contribution is 2.37. The van der Waals surface area contributed by atoms with Crippen LogP contribution < -0.4 is 0 Å². The summed E-state index contributed by atoms with van der Waals surface area (Å²) < 4.78 is 87.9. The second kappa shape index (κ2) is 9.64. The topological polar surface area (TPSA) is 72.9 Å². The second-order valence-corrected chi connectivity index (χ2v) is 8.82. The van der Waals surface area contributed by atoms with E-state index in [-0.39, 0.29) is 12.5 Å². The van der Waals surface area contributed by atoms with Gasteiger partial charge in [0.2, 0.25) is 5.91 Å². The number of carbonyl (C=O) groups excluding carboxylic acids is 3. The number of halogens is 6. The average molecular weight is 463 g/mol. The maximum absolute atomic E-state index is 13.2. The molecule has 1 saturated heterocycles. The van der Waals surface area contributed by atoms with Crippen molar-refractivity contribution in [3.05, 3.63) is 0 Å². The molecule has 2 amide bonds. The fourth-order valence-electron chi connectivity index (χ4n) is 3.19. The third kappa shape index (κ3) is 8.56. The Balaban J connectivity index is 3.40. The van der Waals surface area contributed by atoms with Crippen LogP contribution in [0, 0.1) is 17.8 Å². The SMILES string of the molecule is CC(C)[C@H]1COC(=O)N1C(=O)[C@H](CCC(F)(F)F)C(CC(F)(F)F)C(=O)OC(C)(C)C. The lowest BCUT2D eigenvalue weighted by atomic mass is 9.83. The van der Waals surface area contributed by atoms with Crippen molar-refractivity contribution in [1.82, 2.24) is 4.90 Å². The Hall–Kier alpha value is -2.01. The van der Waals surface area contributed by atoms with Crippen LogP contribution >= 0.6 is 0 Å². The summed E-state index contributed by atoms with van der Waals surface area (Å²) in [7, 11) is 0. The Bertz CT molecular complexity index is 668. The molecule has 0 bridgehead atoms. The van der Waals surface area contributed by atoms with Crippen LogP contribution in [0.4, 0.5) is 31.1 Å². The van der Waals surface area contributed by atoms with Crippen LogP contribution in [-0.2, 0) is 19.1 Å². The minimum absolute atomic E-state index is 0.245. The van der Waals surface area contributed by atoms with E-state index in [2.05, 4.69) is 0 Å². The lowest BCUT2D eigenvalue weighted by Gasteiger charge is -2.32. The van der Waals surface area contributed by atoms with Gasteiger partial charge in [-0.25, -0.2) is 9.69 Å². The second-order valence-electron chi connectivity index (χ2n) is 8.82. The van der Waals surface area contributed by atoms with E-state index in [0.29, 0.717) is 4.90 Å². The van der Waals surface area contributed by atoms with E-state index in [1.54, 1.807) is 13.8 Å². The molecule has 3 atom stereocenters. The normalized spacial score (nSPS) is 19.9. The number of carbonyl (C=O) groups is 3. The van der Waals surface area contributed by atoms with Crippen molar-refractivity contribution in [2.24, 2.45) is 17.8 Å². The van der Waals surface area contributed by atoms with Gasteiger partial charge in [-0.1, -0.05) is 13.8 Å². The zero-order valence-corrected chi connectivity index (χ0v) is 17.9. The van der Waals surface area contributed by atoms with Gasteiger partial charge in [0.1, 0.15) is 12.2 Å². The molecule has 1 rings (SSSR count). The molecule has 1 aliphatic heterocycles. The van der Waals surface area contributed by atoms with Gasteiger partial charge in [-0.05, 0) is 33.1 Å². The van der Waals surface area contributed by atoms with Crippen LogP contribution in [0.5, 0.6) is 0 Å². The standard InChI is InChI=1S/C19H27F6NO5/c1-10(2)13-9-30-16(29)26(13)14(27)11(6-7-18(20,21)22)12(8-19(23,24)25)15(28)31-17(3,4)5/h10-13H,6-9H2,1-5H3/t11-,12?,13-/m1/s1. The number of cyclic esters (lactones) is 1. The number of alkyl halides is 6. The summed E-state index contributed by atoms with van der Waals surface area (Å²) in [5.74, 6) is -7.48. The fourth-order valence-corrected chi connectivity index (χ4v) is 3.19. The Morgan fingerprint density at radius 2 is 1.61 bits per heavy atom. The van der Waals surface area contributed by atoms with Crippen molar-refractivity contribution >= 4 is 18.0 Å². The van der Waals surface area contributed by atoms with Gasteiger partial charge in [0.05, 0.1) is 24.3 Å². The van der Waals surface area contributed by atoms with E-state index < -0.39 is 73.1 Å². The average Bonchev–Trinajstić information content (AvgIpc) is 2.91. The van der Waals surface area contributed by atoms with Gasteiger partial charge in [0.25, 0.3) is 0 Å². The van der Waals surface area contributed by atoms with Crippen LogP contribution in [-0.4, -0.2) is 53.5 Å². The van der Waals surface area contributed by atoms with Crippen LogP contribution in [0.25, 0.3) is 0 Å². The number of esters is 1. The summed E-state index contributed by atoms with van der Waals surface area (Å²) in [5.41, 5.74) is -1.24. The third-order valence-corrected chi connectivity index (χ3v) is 4.62. The van der Waals surface area contributed by atoms with Gasteiger partial charge in [-0.2, -0.15) is 26.3 Å². The van der Waals surface area contributed by atoms with Crippen LogP contribution in [0.2, 0.25) is 0 Å². The Kier molecular flexibility index (Phi) is 8.40. The summed E-state index contributed by atoms with van der Waals surface area (Å²) in [6, 6.07) is -0.876. The molecule has 12 heteroatoms. The molecule has 1 heterocycles. The van der Waals surface area contributed by atoms with Gasteiger partial charge in [0, 0.05) is 6.42 Å². The van der Waals surface area contributed by atoms with Crippen LogP contribution in [0.15, 0.2) is 0 Å². The van der Waals surface area contributed by atoms with Crippen molar-refractivity contribution in [3.63, 3.8) is 0 Å². The molecule has 180 valence electrons. The minimum atomic E-state index is -4.97. The Morgan fingerprint density at radius 3 is 2.03 bits per heavy atom. The Morgan fingerprint density at radius 1 is 1.06 bits per heavy atom. The van der Waals surface area contributed by atoms with Gasteiger partial charge >= 0.3 is 24.4 Å². The van der Waals surface area contributed by atoms with E-state index in [0.717, 1.165) is 0 Å². The quantitative estimate of drug-likeness (QED) is 0.398. The van der Waals surface area contributed by atoms with Crippen molar-refractivity contribution in [1.29, 1.82) is 0 Å². The Labute approximate surface area is 176 Å². The number of imide groups is 1. The first-order chi connectivity index (χ1) is 13.8. The van der Waals surface area contributed by atoms with Crippen molar-refractivity contribution in [2.45, 2.75) is 77.9 Å². The predicted octanol–water partition coefficient (Wildman–Crippen LogP) is 4.86. The van der Waals surface area contributed by atoms with Crippen molar-refractivity contribution in [2.75, 3.05) is 6.61 Å². The maximum atomic E-state index is 13.2. The number of ether oxygens (including phenoxy) is 2. The largest absolute Gasteiger partial charge is 0.460 e. The number of amides is 2. The zero-order valence-electron chi connectivity index (χ0n) is 17.9. The van der Waals surface area contributed by atoms with Crippen molar-refractivity contribution in [3.8, 4) is 0 Å². The van der Waals surface area contributed by atoms with E-state index in [9.17, 15) is 40.7 Å². The monoisotopic (exact) mass is 463 g/mol. The highest BCUT2D eigenvalue weighted by atomic mass is 19.4. The summed E-state index contributed by atoms with van der Waals surface area (Å²) in [6.07, 6.45) is -15.5. The van der Waals surface area contributed by atoms with Gasteiger partial charge < -0.3 is 9.47 Å². The lowest BCUT2D eigenvalue weighted by molar-refractivity contribution is -0.184. The molecular weight excluding hydrogens is 436 g/mol. The lowest BCUT2D eigenvalue weighted by Crippen LogP contribution is -2.49. The molecule has 1 unspecified atom stereocenters. The van der Waals surface area contributed by atoms with Crippen LogP contribution in [0.1, 0.15) is 53.9 Å². The highest BCUT2D eigenvalue weighted by molar-refractivity contribution is 5.96. The zero-order chi connectivity index (χ0) is 24.4. The van der Waals surface area contributed by atoms with E-state index in [1.165, 1.54) is 20.8 Å². The molecule has 31 heavy (non-hydrogen) atoms. The van der Waals surface area contributed by atoms with E-state index in [4.69, 9.17) is 9.47 Å². The first-order valence-corrected chi connectivity index (χ1v) is 9.68. The molecule has 0 aromatic heterocycles. The smallest absolute Gasteiger partial charge is 0.416 e. The van der Waals surface area contributed by atoms with E-state index >= 15 is 0 Å². The van der Waals surface area contributed by atoms with Gasteiger partial charge in [0.15, 0.2) is 0 Å². The van der Waals surface area contributed by atoms with Gasteiger partial charge in [-0.15, -0.1) is 0 Å². The summed E-state index contributed by atoms with van der Waals surface area (Å²) in [6.45, 7) is 7.08. The summed E-state index contributed by atoms with van der Waals surface area (Å²) in [5, 5.41) is 0. The predicted molar refractivity (Wildman–Crippen MR) is 95.6 cm³/mol. The molecule has 0 aromatic carbocycles. The van der Waals surface area contributed by atoms with Crippen molar-refractivity contribution < 1.29 is 50.2 Å². The van der Waals surface area contributed by atoms with Gasteiger partial charge in [-0.3, -0.25) is 9.59 Å². The minimum Gasteiger partial charge on any atom is -0.460 e. The molecule has 0 radical (unpaired) electrons. The number of hydrogen-bond acceptors (Lipinski definition) is 5. The summed E-state index contributed by atoms with van der Waals surface area (Å²) in [4.78, 5) is 38.2. The number of hydrogen-bond donors (Lipinski definition) is 0. The first kappa shape index (κ1) is 27.0. The molecular formula is C19H27F6NO5. The molecule has 6 nitrogen and oxygen atoms in total. The molecule has 1 fully saturated rings. The summed E-state index contributed by atoms with van der Waals surface area (Å²) >= 11 is 0. The molecule has 0 spiro atoms. The van der Waals surface area contributed by atoms with E-state index in [1.807, 2.05) is 0 Å². The molecule has 0 aromatic rings. The first-order valence-electron chi connectivity index (χ1n) is 9.68. The van der Waals surface area contributed by atoms with Crippen LogP contribution in [0.3, 0.4) is 0 Å².